The first-order chi connectivity index (χ1) is 7.50. The summed E-state index contributed by atoms with van der Waals surface area (Å²) in [7, 11) is 0. The zero-order valence-electron chi connectivity index (χ0n) is 8.82. The third-order valence-electron chi connectivity index (χ3n) is 2.60. The fourth-order valence-corrected chi connectivity index (χ4v) is 1.55. The van der Waals surface area contributed by atoms with Crippen LogP contribution in [0.4, 0.5) is 18.9 Å². The minimum absolute atomic E-state index is 0.0881. The Balaban J connectivity index is 2.09. The highest BCUT2D eigenvalue weighted by molar-refractivity contribution is 5.45. The van der Waals surface area contributed by atoms with Gasteiger partial charge >= 0.3 is 0 Å². The van der Waals surface area contributed by atoms with Crippen molar-refractivity contribution in [2.45, 2.75) is 6.92 Å². The van der Waals surface area contributed by atoms with Crippen molar-refractivity contribution in [1.29, 1.82) is 0 Å². The second-order valence-corrected chi connectivity index (χ2v) is 4.41. The number of ether oxygens (including phenoxy) is 1. The first kappa shape index (κ1) is 11.3. The van der Waals surface area contributed by atoms with Gasteiger partial charge in [0.25, 0.3) is 0 Å². The van der Waals surface area contributed by atoms with Crippen molar-refractivity contribution in [2.75, 3.05) is 25.1 Å². The molecule has 1 fully saturated rings. The molecule has 0 aromatic heterocycles. The van der Waals surface area contributed by atoms with Crippen molar-refractivity contribution in [3.63, 3.8) is 0 Å². The highest BCUT2D eigenvalue weighted by Crippen LogP contribution is 2.28. The molecular weight excluding hydrogens is 219 g/mol. The lowest BCUT2D eigenvalue weighted by Crippen LogP contribution is -2.45. The molecule has 0 amide bonds. The summed E-state index contributed by atoms with van der Waals surface area (Å²) in [6, 6.07) is 1.47. The second-order valence-electron chi connectivity index (χ2n) is 4.41. The molecule has 0 spiro atoms. The molecule has 2 nitrogen and oxygen atoms in total. The SMILES string of the molecule is CC1(CNc2cc(F)cc(F)c2F)COC1. The van der Waals surface area contributed by atoms with Crippen LogP contribution in [-0.4, -0.2) is 19.8 Å². The van der Waals surface area contributed by atoms with Gasteiger partial charge in [0.05, 0.1) is 18.9 Å². The molecule has 2 rings (SSSR count). The standard InChI is InChI=1S/C11H12F3NO/c1-11(5-16-6-11)4-15-9-3-7(12)2-8(13)10(9)14/h2-3,15H,4-6H2,1H3. The van der Waals surface area contributed by atoms with Crippen molar-refractivity contribution in [3.8, 4) is 0 Å². The summed E-state index contributed by atoms with van der Waals surface area (Å²) in [5, 5.41) is 2.70. The molecule has 88 valence electrons. The monoisotopic (exact) mass is 231 g/mol. The summed E-state index contributed by atoms with van der Waals surface area (Å²) in [4.78, 5) is 0. The van der Waals surface area contributed by atoms with Crippen molar-refractivity contribution in [3.05, 3.63) is 29.6 Å². The Bertz CT molecular complexity index is 404. The van der Waals surface area contributed by atoms with Crippen LogP contribution >= 0.6 is 0 Å². The first-order valence-electron chi connectivity index (χ1n) is 4.96. The molecule has 1 aliphatic heterocycles. The van der Waals surface area contributed by atoms with E-state index < -0.39 is 17.5 Å². The van der Waals surface area contributed by atoms with Gasteiger partial charge in [-0.3, -0.25) is 0 Å². The van der Waals surface area contributed by atoms with Gasteiger partial charge in [-0.05, 0) is 0 Å². The number of halogens is 3. The molecule has 5 heteroatoms. The minimum atomic E-state index is -1.18. The van der Waals surface area contributed by atoms with Gasteiger partial charge < -0.3 is 10.1 Å². The molecule has 1 saturated heterocycles. The van der Waals surface area contributed by atoms with Crippen molar-refractivity contribution < 1.29 is 17.9 Å². The van der Waals surface area contributed by atoms with E-state index in [2.05, 4.69) is 5.32 Å². The largest absolute Gasteiger partial charge is 0.382 e. The molecule has 0 radical (unpaired) electrons. The van der Waals surface area contributed by atoms with Crippen molar-refractivity contribution in [2.24, 2.45) is 5.41 Å². The second kappa shape index (κ2) is 3.97. The van der Waals surface area contributed by atoms with E-state index in [9.17, 15) is 13.2 Å². The Morgan fingerprint density at radius 2 is 2.00 bits per heavy atom. The predicted molar refractivity (Wildman–Crippen MR) is 53.7 cm³/mol. The van der Waals surface area contributed by atoms with Crippen LogP contribution in [0.1, 0.15) is 6.92 Å². The molecule has 0 bridgehead atoms. The Kier molecular flexibility index (Phi) is 2.80. The zero-order valence-corrected chi connectivity index (χ0v) is 8.82. The Morgan fingerprint density at radius 3 is 2.56 bits per heavy atom. The Morgan fingerprint density at radius 1 is 1.31 bits per heavy atom. The van der Waals surface area contributed by atoms with E-state index in [0.29, 0.717) is 25.8 Å². The average molecular weight is 231 g/mol. The number of rotatable bonds is 3. The van der Waals surface area contributed by atoms with Crippen LogP contribution in [0.5, 0.6) is 0 Å². The summed E-state index contributed by atoms with van der Waals surface area (Å²) in [5.74, 6) is -3.03. The van der Waals surface area contributed by atoms with E-state index in [1.807, 2.05) is 6.92 Å². The van der Waals surface area contributed by atoms with Crippen LogP contribution in [0.15, 0.2) is 12.1 Å². The normalized spacial score (nSPS) is 18.0. The quantitative estimate of drug-likeness (QED) is 0.807. The lowest BCUT2D eigenvalue weighted by Gasteiger charge is -2.38. The molecule has 1 N–H and O–H groups in total. The van der Waals surface area contributed by atoms with E-state index in [0.717, 1.165) is 6.07 Å². The van der Waals surface area contributed by atoms with Gasteiger partial charge in [0, 0.05) is 24.1 Å². The molecule has 0 atom stereocenters. The van der Waals surface area contributed by atoms with E-state index in [-0.39, 0.29) is 11.1 Å². The molecule has 1 aromatic rings. The smallest absolute Gasteiger partial charge is 0.182 e. The predicted octanol–water partition coefficient (Wildman–Crippen LogP) is 2.55. The first-order valence-corrected chi connectivity index (χ1v) is 4.96. The van der Waals surface area contributed by atoms with E-state index in [1.165, 1.54) is 0 Å². The van der Waals surface area contributed by atoms with Crippen LogP contribution in [0, 0.1) is 22.9 Å². The van der Waals surface area contributed by atoms with Gasteiger partial charge in [0.2, 0.25) is 0 Å². The number of benzene rings is 1. The molecule has 1 aromatic carbocycles. The van der Waals surface area contributed by atoms with E-state index >= 15 is 0 Å². The maximum Gasteiger partial charge on any atom is 0.182 e. The minimum Gasteiger partial charge on any atom is -0.382 e. The molecule has 0 unspecified atom stereocenters. The zero-order chi connectivity index (χ0) is 11.8. The maximum atomic E-state index is 13.2. The number of anilines is 1. The lowest BCUT2D eigenvalue weighted by atomic mass is 9.88. The van der Waals surface area contributed by atoms with Gasteiger partial charge in [-0.2, -0.15) is 0 Å². The third kappa shape index (κ3) is 2.14. The molecule has 16 heavy (non-hydrogen) atoms. The lowest BCUT2D eigenvalue weighted by molar-refractivity contribution is -0.0924. The van der Waals surface area contributed by atoms with Gasteiger partial charge in [-0.15, -0.1) is 0 Å². The molecule has 0 aliphatic carbocycles. The number of nitrogens with one attached hydrogen (secondary N) is 1. The Labute approximate surface area is 91.4 Å². The highest BCUT2D eigenvalue weighted by Gasteiger charge is 2.33. The number of hydrogen-bond acceptors (Lipinski definition) is 2. The summed E-state index contributed by atoms with van der Waals surface area (Å²) in [6.07, 6.45) is 0. The fraction of sp³-hybridized carbons (Fsp3) is 0.455. The van der Waals surface area contributed by atoms with Crippen LogP contribution in [0.2, 0.25) is 0 Å². The third-order valence-corrected chi connectivity index (χ3v) is 2.60. The van der Waals surface area contributed by atoms with Crippen molar-refractivity contribution >= 4 is 5.69 Å². The summed E-state index contributed by atoms with van der Waals surface area (Å²) in [6.45, 7) is 3.52. The summed E-state index contributed by atoms with van der Waals surface area (Å²) < 4.78 is 44.0. The van der Waals surface area contributed by atoms with Crippen LogP contribution in [-0.2, 0) is 4.74 Å². The maximum absolute atomic E-state index is 13.2. The number of hydrogen-bond donors (Lipinski definition) is 1. The van der Waals surface area contributed by atoms with Gasteiger partial charge in [-0.1, -0.05) is 6.92 Å². The van der Waals surface area contributed by atoms with Crippen LogP contribution in [0.3, 0.4) is 0 Å². The van der Waals surface area contributed by atoms with Crippen LogP contribution < -0.4 is 5.32 Å². The van der Waals surface area contributed by atoms with E-state index in [1.54, 1.807) is 0 Å². The highest BCUT2D eigenvalue weighted by atomic mass is 19.2. The summed E-state index contributed by atoms with van der Waals surface area (Å²) in [5.41, 5.74) is -0.236. The van der Waals surface area contributed by atoms with Crippen LogP contribution in [0.25, 0.3) is 0 Å². The molecule has 1 heterocycles. The average Bonchev–Trinajstić information content (AvgIpc) is 2.18. The van der Waals surface area contributed by atoms with Gasteiger partial charge in [0.1, 0.15) is 5.82 Å². The summed E-state index contributed by atoms with van der Waals surface area (Å²) >= 11 is 0. The fourth-order valence-electron chi connectivity index (χ4n) is 1.55. The van der Waals surface area contributed by atoms with Gasteiger partial charge in [0.15, 0.2) is 11.6 Å². The molecule has 1 aliphatic rings. The van der Waals surface area contributed by atoms with E-state index in [4.69, 9.17) is 4.74 Å². The molecule has 0 saturated carbocycles. The molecular formula is C11H12F3NO. The topological polar surface area (TPSA) is 21.3 Å². The van der Waals surface area contributed by atoms with Crippen molar-refractivity contribution in [1.82, 2.24) is 0 Å². The Hall–Kier alpha value is -1.23. The van der Waals surface area contributed by atoms with Gasteiger partial charge in [-0.25, -0.2) is 13.2 Å².